The number of hydrogen-bond donors (Lipinski definition) is 1. The van der Waals surface area contributed by atoms with Gasteiger partial charge in [-0.3, -0.25) is 4.68 Å². The Kier molecular flexibility index (Phi) is 5.37. The molecule has 1 heterocycles. The van der Waals surface area contributed by atoms with E-state index in [-0.39, 0.29) is 16.9 Å². The fourth-order valence-corrected chi connectivity index (χ4v) is 2.64. The van der Waals surface area contributed by atoms with Crippen LogP contribution in [0.5, 0.6) is 0 Å². The predicted molar refractivity (Wildman–Crippen MR) is 84.2 cm³/mol. The van der Waals surface area contributed by atoms with Crippen LogP contribution in [-0.2, 0) is 19.4 Å². The van der Waals surface area contributed by atoms with E-state index in [1.54, 1.807) is 12.1 Å². The zero-order chi connectivity index (χ0) is 15.4. The van der Waals surface area contributed by atoms with Gasteiger partial charge < -0.3 is 5.32 Å². The number of nitrogens with zero attached hydrogens (tertiary/aromatic N) is 2. The molecule has 1 unspecified atom stereocenters. The number of aryl methyl sites for hydroxylation is 2. The van der Waals surface area contributed by atoms with E-state index in [4.69, 9.17) is 11.6 Å². The molecule has 114 valence electrons. The number of nitrogens with one attached hydrogen (secondary N) is 1. The van der Waals surface area contributed by atoms with E-state index in [2.05, 4.69) is 30.3 Å². The van der Waals surface area contributed by atoms with E-state index in [9.17, 15) is 4.39 Å². The van der Waals surface area contributed by atoms with Crippen LogP contribution < -0.4 is 5.32 Å². The van der Waals surface area contributed by atoms with E-state index in [1.807, 2.05) is 11.7 Å². The third-order valence-electron chi connectivity index (χ3n) is 3.68. The van der Waals surface area contributed by atoms with Gasteiger partial charge in [0.25, 0.3) is 0 Å². The first kappa shape index (κ1) is 16.0. The molecule has 5 heteroatoms. The molecule has 0 aliphatic heterocycles. The van der Waals surface area contributed by atoms with Crippen LogP contribution in [0.2, 0.25) is 5.02 Å². The molecule has 0 amide bonds. The highest BCUT2D eigenvalue weighted by Crippen LogP contribution is 2.24. The van der Waals surface area contributed by atoms with Gasteiger partial charge in [0.05, 0.1) is 10.7 Å². The number of halogens is 2. The highest BCUT2D eigenvalue weighted by Gasteiger charge is 2.15. The largest absolute Gasteiger partial charge is 0.313 e. The maximum Gasteiger partial charge on any atom is 0.141 e. The Morgan fingerprint density at radius 1 is 1.33 bits per heavy atom. The number of rotatable bonds is 6. The van der Waals surface area contributed by atoms with E-state index in [1.165, 1.54) is 11.8 Å². The maximum atomic E-state index is 13.3. The summed E-state index contributed by atoms with van der Waals surface area (Å²) in [5, 5.41) is 7.99. The monoisotopic (exact) mass is 309 g/mol. The molecule has 0 spiro atoms. The maximum absolute atomic E-state index is 13.3. The van der Waals surface area contributed by atoms with Gasteiger partial charge in [-0.1, -0.05) is 24.6 Å². The Hall–Kier alpha value is -1.39. The molecular formula is C16H21ClFN3. The van der Waals surface area contributed by atoms with Crippen molar-refractivity contribution in [3.8, 4) is 0 Å². The van der Waals surface area contributed by atoms with Crippen LogP contribution in [0, 0.1) is 5.82 Å². The van der Waals surface area contributed by atoms with Gasteiger partial charge >= 0.3 is 0 Å². The van der Waals surface area contributed by atoms with Crippen LogP contribution in [-0.4, -0.2) is 16.8 Å². The third-order valence-corrected chi connectivity index (χ3v) is 3.97. The molecule has 0 fully saturated rings. The van der Waals surface area contributed by atoms with Gasteiger partial charge in [-0.05, 0) is 44.2 Å². The van der Waals surface area contributed by atoms with E-state index in [0.717, 1.165) is 30.6 Å². The molecule has 0 aliphatic carbocycles. The molecule has 2 aromatic rings. The lowest BCUT2D eigenvalue weighted by Crippen LogP contribution is -2.20. The lowest BCUT2D eigenvalue weighted by atomic mass is 10.0. The van der Waals surface area contributed by atoms with Crippen LogP contribution in [0.3, 0.4) is 0 Å². The van der Waals surface area contributed by atoms with E-state index >= 15 is 0 Å². The first-order chi connectivity index (χ1) is 10.1. The van der Waals surface area contributed by atoms with Gasteiger partial charge in [-0.2, -0.15) is 5.10 Å². The Morgan fingerprint density at radius 3 is 2.67 bits per heavy atom. The second-order valence-corrected chi connectivity index (χ2v) is 5.42. The van der Waals surface area contributed by atoms with Crippen molar-refractivity contribution in [1.29, 1.82) is 0 Å². The summed E-state index contributed by atoms with van der Waals surface area (Å²) in [6, 6.07) is 7.09. The van der Waals surface area contributed by atoms with Gasteiger partial charge in [0.2, 0.25) is 0 Å². The fraction of sp³-hybridized carbons (Fsp3) is 0.438. The first-order valence-electron chi connectivity index (χ1n) is 7.26. The summed E-state index contributed by atoms with van der Waals surface area (Å²) in [5.41, 5.74) is 3.25. The topological polar surface area (TPSA) is 29.9 Å². The first-order valence-corrected chi connectivity index (χ1v) is 7.64. The lowest BCUT2D eigenvalue weighted by molar-refractivity contribution is 0.539. The van der Waals surface area contributed by atoms with E-state index < -0.39 is 0 Å². The third kappa shape index (κ3) is 3.63. The number of likely N-dealkylation sites (N-methyl/N-ethyl adjacent to an activating group) is 1. The number of aromatic nitrogens is 2. The second kappa shape index (κ2) is 7.05. The highest BCUT2D eigenvalue weighted by molar-refractivity contribution is 6.30. The quantitative estimate of drug-likeness (QED) is 0.880. The summed E-state index contributed by atoms with van der Waals surface area (Å²) in [4.78, 5) is 0. The summed E-state index contributed by atoms with van der Waals surface area (Å²) >= 11 is 5.88. The normalized spacial score (nSPS) is 12.6. The van der Waals surface area contributed by atoms with Crippen molar-refractivity contribution in [3.63, 3.8) is 0 Å². The van der Waals surface area contributed by atoms with Crippen LogP contribution >= 0.6 is 11.6 Å². The van der Waals surface area contributed by atoms with Gasteiger partial charge in [0.15, 0.2) is 0 Å². The summed E-state index contributed by atoms with van der Waals surface area (Å²) in [7, 11) is 1.90. The SMILES string of the molecule is CCc1cc(CC(NC)c2ccc(F)c(Cl)c2)n(CC)n1. The molecule has 1 N–H and O–H groups in total. The minimum atomic E-state index is -0.387. The average molecular weight is 310 g/mol. The van der Waals surface area contributed by atoms with E-state index in [0.29, 0.717) is 0 Å². The van der Waals surface area contributed by atoms with Gasteiger partial charge in [-0.15, -0.1) is 0 Å². The van der Waals surface area contributed by atoms with Crippen LogP contribution in [0.4, 0.5) is 4.39 Å². The molecule has 0 saturated carbocycles. The van der Waals surface area contributed by atoms with Crippen LogP contribution in [0.25, 0.3) is 0 Å². The minimum absolute atomic E-state index is 0.0785. The minimum Gasteiger partial charge on any atom is -0.313 e. The zero-order valence-electron chi connectivity index (χ0n) is 12.7. The van der Waals surface area contributed by atoms with Gasteiger partial charge in [-0.25, -0.2) is 4.39 Å². The molecule has 0 saturated heterocycles. The Bertz CT molecular complexity index is 610. The Morgan fingerprint density at radius 2 is 2.10 bits per heavy atom. The van der Waals surface area contributed by atoms with Crippen molar-refractivity contribution in [2.24, 2.45) is 0 Å². The molecule has 0 bridgehead atoms. The predicted octanol–water partition coefficient (Wildman–Crippen LogP) is 3.76. The second-order valence-electron chi connectivity index (χ2n) is 5.02. The number of benzene rings is 1. The van der Waals surface area contributed by atoms with Crippen molar-refractivity contribution in [1.82, 2.24) is 15.1 Å². The molecule has 21 heavy (non-hydrogen) atoms. The van der Waals surface area contributed by atoms with Crippen molar-refractivity contribution in [3.05, 3.63) is 52.1 Å². The smallest absolute Gasteiger partial charge is 0.141 e. The van der Waals surface area contributed by atoms with Crippen molar-refractivity contribution in [2.45, 2.75) is 39.3 Å². The van der Waals surface area contributed by atoms with Crippen molar-refractivity contribution in [2.75, 3.05) is 7.05 Å². The summed E-state index contributed by atoms with van der Waals surface area (Å²) in [6.45, 7) is 5.02. The van der Waals surface area contributed by atoms with Crippen LogP contribution in [0.15, 0.2) is 24.3 Å². The van der Waals surface area contributed by atoms with Gasteiger partial charge in [0, 0.05) is 24.7 Å². The molecule has 2 rings (SSSR count). The number of hydrogen-bond acceptors (Lipinski definition) is 2. The average Bonchev–Trinajstić information content (AvgIpc) is 2.90. The van der Waals surface area contributed by atoms with Crippen molar-refractivity contribution < 1.29 is 4.39 Å². The molecule has 1 aromatic carbocycles. The summed E-state index contributed by atoms with van der Waals surface area (Å²) in [6.07, 6.45) is 1.71. The molecule has 3 nitrogen and oxygen atoms in total. The summed E-state index contributed by atoms with van der Waals surface area (Å²) < 4.78 is 15.3. The standard InChI is InChI=1S/C16H21ClFN3/c1-4-12-9-13(21(5-2)20-12)10-16(19-3)11-6-7-15(18)14(17)8-11/h6-9,16,19H,4-5,10H2,1-3H3. The molecule has 0 radical (unpaired) electrons. The van der Waals surface area contributed by atoms with Crippen LogP contribution in [0.1, 0.15) is 36.8 Å². The Balaban J connectivity index is 2.26. The lowest BCUT2D eigenvalue weighted by Gasteiger charge is -2.17. The summed E-state index contributed by atoms with van der Waals surface area (Å²) in [5.74, 6) is -0.387. The van der Waals surface area contributed by atoms with Crippen molar-refractivity contribution >= 4 is 11.6 Å². The fourth-order valence-electron chi connectivity index (χ4n) is 2.45. The van der Waals surface area contributed by atoms with Gasteiger partial charge in [0.1, 0.15) is 5.82 Å². The zero-order valence-corrected chi connectivity index (χ0v) is 13.4. The Labute approximate surface area is 130 Å². The molecule has 1 aromatic heterocycles. The molecular weight excluding hydrogens is 289 g/mol. The highest BCUT2D eigenvalue weighted by atomic mass is 35.5. The molecule has 0 aliphatic rings. The molecule has 1 atom stereocenters.